The van der Waals surface area contributed by atoms with E-state index in [2.05, 4.69) is 9.72 Å². The molecule has 0 aliphatic carbocycles. The SMILES string of the molecule is O=C(O)c1ncccc1OC(F)F.[Na]. The summed E-state index contributed by atoms with van der Waals surface area (Å²) in [5.74, 6) is -1.85. The summed E-state index contributed by atoms with van der Waals surface area (Å²) >= 11 is 0. The number of hydrogen-bond donors (Lipinski definition) is 1. The maximum absolute atomic E-state index is 11.7. The molecule has 1 heterocycles. The summed E-state index contributed by atoms with van der Waals surface area (Å²) in [5.41, 5.74) is -0.525. The third-order valence-electron chi connectivity index (χ3n) is 1.19. The van der Waals surface area contributed by atoms with E-state index in [1.165, 1.54) is 12.3 Å². The minimum absolute atomic E-state index is 0. The van der Waals surface area contributed by atoms with Crippen molar-refractivity contribution in [3.8, 4) is 5.75 Å². The molecule has 0 saturated heterocycles. The number of nitrogens with zero attached hydrogens (tertiary/aromatic N) is 1. The van der Waals surface area contributed by atoms with E-state index in [4.69, 9.17) is 5.11 Å². The Morgan fingerprint density at radius 3 is 2.71 bits per heavy atom. The molecule has 0 atom stereocenters. The number of carboxylic acids is 1. The Morgan fingerprint density at radius 2 is 2.21 bits per heavy atom. The monoisotopic (exact) mass is 212 g/mol. The molecular weight excluding hydrogens is 207 g/mol. The molecule has 0 aliphatic heterocycles. The molecular formula is C7H5F2NNaO3. The zero-order valence-corrected chi connectivity index (χ0v) is 9.28. The van der Waals surface area contributed by atoms with Crippen LogP contribution in [0, 0.1) is 0 Å². The van der Waals surface area contributed by atoms with Gasteiger partial charge < -0.3 is 9.84 Å². The van der Waals surface area contributed by atoms with Crippen LogP contribution < -0.4 is 4.74 Å². The fourth-order valence-corrected chi connectivity index (χ4v) is 0.742. The van der Waals surface area contributed by atoms with E-state index in [0.717, 1.165) is 6.07 Å². The molecule has 1 aromatic heterocycles. The summed E-state index contributed by atoms with van der Waals surface area (Å²) in [6.07, 6.45) is 1.18. The quantitative estimate of drug-likeness (QED) is 0.759. The molecule has 0 saturated carbocycles. The fraction of sp³-hybridized carbons (Fsp3) is 0.143. The first-order valence-corrected chi connectivity index (χ1v) is 3.24. The summed E-state index contributed by atoms with van der Waals surface area (Å²) in [5, 5.41) is 8.49. The maximum atomic E-state index is 11.7. The number of hydrogen-bond acceptors (Lipinski definition) is 3. The van der Waals surface area contributed by atoms with E-state index in [1.807, 2.05) is 0 Å². The summed E-state index contributed by atoms with van der Waals surface area (Å²) in [6, 6.07) is 2.42. The standard InChI is InChI=1S/C7H5F2NO3.Na/c8-7(9)13-4-2-1-3-10-5(4)6(11)12;/h1-3,7H,(H,11,12);. The molecule has 4 nitrogen and oxygen atoms in total. The first kappa shape index (κ1) is 13.3. The smallest absolute Gasteiger partial charge is 0.387 e. The van der Waals surface area contributed by atoms with Gasteiger partial charge in [-0.05, 0) is 12.1 Å². The topological polar surface area (TPSA) is 59.4 Å². The second-order valence-corrected chi connectivity index (χ2v) is 2.03. The van der Waals surface area contributed by atoms with E-state index in [9.17, 15) is 13.6 Å². The molecule has 0 amide bonds. The Balaban J connectivity index is 0.00000169. The van der Waals surface area contributed by atoms with Crippen LogP contribution in [0.2, 0.25) is 0 Å². The van der Waals surface area contributed by atoms with Crippen molar-refractivity contribution in [3.05, 3.63) is 24.0 Å². The van der Waals surface area contributed by atoms with Crippen molar-refractivity contribution in [2.24, 2.45) is 0 Å². The van der Waals surface area contributed by atoms with Gasteiger partial charge in [-0.2, -0.15) is 8.78 Å². The number of aromatic nitrogens is 1. The van der Waals surface area contributed by atoms with Gasteiger partial charge in [0.25, 0.3) is 0 Å². The van der Waals surface area contributed by atoms with Gasteiger partial charge in [0.15, 0.2) is 11.4 Å². The van der Waals surface area contributed by atoms with Gasteiger partial charge in [-0.25, -0.2) is 9.78 Å². The van der Waals surface area contributed by atoms with Gasteiger partial charge in [0.2, 0.25) is 0 Å². The third-order valence-corrected chi connectivity index (χ3v) is 1.19. The van der Waals surface area contributed by atoms with Crippen molar-refractivity contribution >= 4 is 35.5 Å². The van der Waals surface area contributed by atoms with Crippen LogP contribution in [0.3, 0.4) is 0 Å². The summed E-state index contributed by atoms with van der Waals surface area (Å²) in [6.45, 7) is -3.05. The summed E-state index contributed by atoms with van der Waals surface area (Å²) in [4.78, 5) is 13.8. The number of carboxylic acid groups (broad SMARTS) is 1. The van der Waals surface area contributed by atoms with E-state index in [1.54, 1.807) is 0 Å². The average molecular weight is 212 g/mol. The van der Waals surface area contributed by atoms with Crippen LogP contribution in [0.4, 0.5) is 8.78 Å². The van der Waals surface area contributed by atoms with Gasteiger partial charge in [0, 0.05) is 35.8 Å². The number of halogens is 2. The average Bonchev–Trinajstić information content (AvgIpc) is 2.03. The molecule has 0 fully saturated rings. The van der Waals surface area contributed by atoms with E-state index in [0.29, 0.717) is 0 Å². The second-order valence-electron chi connectivity index (χ2n) is 2.03. The van der Waals surface area contributed by atoms with E-state index >= 15 is 0 Å². The van der Waals surface area contributed by atoms with Gasteiger partial charge in [0.1, 0.15) is 0 Å². The molecule has 14 heavy (non-hydrogen) atoms. The van der Waals surface area contributed by atoms with Crippen molar-refractivity contribution in [2.45, 2.75) is 6.61 Å². The number of rotatable bonds is 3. The van der Waals surface area contributed by atoms with Crippen LogP contribution in [0.25, 0.3) is 0 Å². The zero-order chi connectivity index (χ0) is 9.84. The third kappa shape index (κ3) is 3.57. The molecule has 1 aromatic rings. The Hall–Kier alpha value is -0.720. The molecule has 1 radical (unpaired) electrons. The molecule has 0 spiro atoms. The van der Waals surface area contributed by atoms with Crippen LogP contribution >= 0.6 is 0 Å². The first-order chi connectivity index (χ1) is 6.11. The van der Waals surface area contributed by atoms with Gasteiger partial charge >= 0.3 is 12.6 Å². The largest absolute Gasteiger partial charge is 0.476 e. The Labute approximate surface area is 100 Å². The summed E-state index contributed by atoms with van der Waals surface area (Å²) in [7, 11) is 0. The minimum atomic E-state index is -3.05. The van der Waals surface area contributed by atoms with E-state index < -0.39 is 24.0 Å². The summed E-state index contributed by atoms with van der Waals surface area (Å²) < 4.78 is 27.4. The van der Waals surface area contributed by atoms with Gasteiger partial charge in [-0.15, -0.1) is 0 Å². The van der Waals surface area contributed by atoms with E-state index in [-0.39, 0.29) is 29.6 Å². The maximum Gasteiger partial charge on any atom is 0.387 e. The van der Waals surface area contributed by atoms with Crippen LogP contribution in [0.15, 0.2) is 18.3 Å². The van der Waals surface area contributed by atoms with Crippen molar-refractivity contribution in [1.82, 2.24) is 4.98 Å². The fourth-order valence-electron chi connectivity index (χ4n) is 0.742. The van der Waals surface area contributed by atoms with Crippen molar-refractivity contribution in [2.75, 3.05) is 0 Å². The molecule has 1 N–H and O–H groups in total. The van der Waals surface area contributed by atoms with Crippen molar-refractivity contribution < 1.29 is 23.4 Å². The van der Waals surface area contributed by atoms with Crippen LogP contribution in [0.5, 0.6) is 5.75 Å². The minimum Gasteiger partial charge on any atom is -0.476 e. The van der Waals surface area contributed by atoms with Crippen LogP contribution in [-0.4, -0.2) is 52.2 Å². The molecule has 0 unspecified atom stereocenters. The molecule has 7 heteroatoms. The molecule has 71 valence electrons. The molecule has 0 aromatic carbocycles. The normalized spacial score (nSPS) is 9.36. The molecule has 0 aliphatic rings. The number of carbonyl (C=O) groups is 1. The van der Waals surface area contributed by atoms with Crippen molar-refractivity contribution in [3.63, 3.8) is 0 Å². The Bertz CT molecular complexity index is 322. The first-order valence-electron chi connectivity index (χ1n) is 3.24. The Morgan fingerprint density at radius 1 is 1.57 bits per heavy atom. The zero-order valence-electron chi connectivity index (χ0n) is 7.28. The van der Waals surface area contributed by atoms with Crippen molar-refractivity contribution in [1.29, 1.82) is 0 Å². The second kappa shape index (κ2) is 5.90. The number of ether oxygens (including phenoxy) is 1. The van der Waals surface area contributed by atoms with Gasteiger partial charge in [0.05, 0.1) is 0 Å². The van der Waals surface area contributed by atoms with Crippen LogP contribution in [0.1, 0.15) is 10.5 Å². The molecule has 0 bridgehead atoms. The molecule has 1 rings (SSSR count). The number of aromatic carboxylic acids is 1. The predicted octanol–water partition coefficient (Wildman–Crippen LogP) is 1.00. The van der Waals surface area contributed by atoms with Gasteiger partial charge in [-0.1, -0.05) is 0 Å². The predicted molar refractivity (Wildman–Crippen MR) is 43.6 cm³/mol. The van der Waals surface area contributed by atoms with Crippen LogP contribution in [-0.2, 0) is 0 Å². The Kier molecular flexibility index (Phi) is 5.59. The number of pyridine rings is 1. The number of alkyl halides is 2. The van der Waals surface area contributed by atoms with Gasteiger partial charge in [-0.3, -0.25) is 0 Å².